The van der Waals surface area contributed by atoms with E-state index in [-0.39, 0.29) is 17.8 Å². The first-order valence-corrected chi connectivity index (χ1v) is 12.1. The lowest BCUT2D eigenvalue weighted by Gasteiger charge is -2.36. The molecule has 1 unspecified atom stereocenters. The van der Waals surface area contributed by atoms with Crippen LogP contribution in [0.25, 0.3) is 10.8 Å². The molecule has 4 rings (SSSR count). The maximum atomic E-state index is 14.3. The first kappa shape index (κ1) is 22.3. The number of anilines is 1. The molecule has 1 saturated heterocycles. The summed E-state index contributed by atoms with van der Waals surface area (Å²) in [6.45, 7) is 4.38. The SMILES string of the molecule is CCOP(=O)(F)c1ccc2cc(C(=O)N3CCN(c4ccc(OC)cc4)CC3)ccc2c1. The summed E-state index contributed by atoms with van der Waals surface area (Å²) in [5.74, 6) is 0.786. The van der Waals surface area contributed by atoms with Crippen molar-refractivity contribution in [3.05, 3.63) is 66.2 Å². The predicted octanol–water partition coefficient (Wildman–Crippen LogP) is 4.64. The molecule has 0 aromatic heterocycles. The fourth-order valence-corrected chi connectivity index (χ4v) is 4.94. The van der Waals surface area contributed by atoms with E-state index in [9.17, 15) is 13.6 Å². The van der Waals surface area contributed by atoms with Gasteiger partial charge in [0.05, 0.1) is 19.0 Å². The molecule has 0 saturated carbocycles. The first-order chi connectivity index (χ1) is 15.4. The highest BCUT2D eigenvalue weighted by Crippen LogP contribution is 2.47. The Bertz CT molecular complexity index is 1160. The van der Waals surface area contributed by atoms with Gasteiger partial charge in [0, 0.05) is 37.4 Å². The van der Waals surface area contributed by atoms with Gasteiger partial charge in [-0.05, 0) is 66.2 Å². The van der Waals surface area contributed by atoms with E-state index in [1.54, 1.807) is 38.3 Å². The van der Waals surface area contributed by atoms with Crippen molar-refractivity contribution in [1.29, 1.82) is 0 Å². The van der Waals surface area contributed by atoms with Crippen LogP contribution in [0, 0.1) is 0 Å². The Morgan fingerprint density at radius 3 is 2.28 bits per heavy atom. The number of halogens is 1. The molecule has 0 bridgehead atoms. The van der Waals surface area contributed by atoms with Crippen LogP contribution < -0.4 is 14.9 Å². The van der Waals surface area contributed by atoms with E-state index in [0.717, 1.165) is 29.9 Å². The smallest absolute Gasteiger partial charge is 0.397 e. The van der Waals surface area contributed by atoms with Crippen molar-refractivity contribution < 1.29 is 22.8 Å². The minimum absolute atomic E-state index is 0.0283. The monoisotopic (exact) mass is 456 g/mol. The molecule has 3 aromatic carbocycles. The molecule has 0 aliphatic carbocycles. The molecule has 1 aliphatic heterocycles. The molecule has 8 heteroatoms. The van der Waals surface area contributed by atoms with Crippen molar-refractivity contribution >= 4 is 35.4 Å². The van der Waals surface area contributed by atoms with Gasteiger partial charge in [-0.15, -0.1) is 0 Å². The van der Waals surface area contributed by atoms with Gasteiger partial charge in [-0.1, -0.05) is 12.1 Å². The number of hydrogen-bond donors (Lipinski definition) is 0. The fourth-order valence-electron chi connectivity index (χ4n) is 3.92. The average Bonchev–Trinajstić information content (AvgIpc) is 2.83. The number of fused-ring (bicyclic) bond motifs is 1. The summed E-state index contributed by atoms with van der Waals surface area (Å²) >= 11 is 0. The van der Waals surface area contributed by atoms with E-state index in [1.807, 2.05) is 29.2 Å². The van der Waals surface area contributed by atoms with Gasteiger partial charge in [0.2, 0.25) is 0 Å². The Kier molecular flexibility index (Phi) is 6.49. The van der Waals surface area contributed by atoms with Crippen LogP contribution in [0.2, 0.25) is 0 Å². The second-order valence-electron chi connectivity index (χ2n) is 7.62. The fraction of sp³-hybridized carbons (Fsp3) is 0.292. The van der Waals surface area contributed by atoms with Gasteiger partial charge in [0.15, 0.2) is 0 Å². The number of carbonyl (C=O) groups excluding carboxylic acids is 1. The van der Waals surface area contributed by atoms with Crippen LogP contribution in [0.1, 0.15) is 17.3 Å². The normalized spacial score (nSPS) is 16.1. The molecule has 0 spiro atoms. The highest BCUT2D eigenvalue weighted by Gasteiger charge is 2.25. The van der Waals surface area contributed by atoms with Gasteiger partial charge in [0.25, 0.3) is 5.91 Å². The lowest BCUT2D eigenvalue weighted by Crippen LogP contribution is -2.48. The number of benzene rings is 3. The topological polar surface area (TPSA) is 59.1 Å². The number of nitrogens with zero attached hydrogens (tertiary/aromatic N) is 2. The third-order valence-electron chi connectivity index (χ3n) is 5.68. The zero-order chi connectivity index (χ0) is 22.7. The average molecular weight is 456 g/mol. The van der Waals surface area contributed by atoms with Gasteiger partial charge in [-0.25, -0.2) is 4.57 Å². The Labute approximate surface area is 187 Å². The van der Waals surface area contributed by atoms with E-state index in [4.69, 9.17) is 9.26 Å². The zero-order valence-electron chi connectivity index (χ0n) is 18.2. The number of amides is 1. The van der Waals surface area contributed by atoms with Crippen molar-refractivity contribution in [1.82, 2.24) is 4.90 Å². The van der Waals surface area contributed by atoms with Gasteiger partial charge < -0.3 is 19.1 Å². The lowest BCUT2D eigenvalue weighted by atomic mass is 10.1. The standard InChI is InChI=1S/C24H26FN2O4P/c1-3-31-32(25,29)23-11-6-18-16-20(5-4-19(18)17-23)24(28)27-14-12-26(13-15-27)21-7-9-22(30-2)10-8-21/h4-11,16-17H,3,12-15H2,1-2H3. The van der Waals surface area contributed by atoms with Crippen molar-refractivity contribution in [2.45, 2.75) is 6.92 Å². The summed E-state index contributed by atoms with van der Waals surface area (Å²) in [6, 6.07) is 17.8. The maximum Gasteiger partial charge on any atom is 0.397 e. The van der Waals surface area contributed by atoms with Crippen LogP contribution in [0.3, 0.4) is 0 Å². The van der Waals surface area contributed by atoms with E-state index in [1.165, 1.54) is 12.1 Å². The lowest BCUT2D eigenvalue weighted by molar-refractivity contribution is 0.0747. The maximum absolute atomic E-state index is 14.3. The van der Waals surface area contributed by atoms with Gasteiger partial charge >= 0.3 is 7.68 Å². The summed E-state index contributed by atoms with van der Waals surface area (Å²) in [7, 11) is -2.68. The Morgan fingerprint density at radius 2 is 1.62 bits per heavy atom. The van der Waals surface area contributed by atoms with Gasteiger partial charge in [-0.3, -0.25) is 4.79 Å². The summed E-state index contributed by atoms with van der Waals surface area (Å²) in [5, 5.41) is 1.52. The van der Waals surface area contributed by atoms with Crippen LogP contribution in [0.4, 0.5) is 9.88 Å². The molecule has 1 fully saturated rings. The van der Waals surface area contributed by atoms with Crippen LogP contribution in [-0.4, -0.2) is 50.7 Å². The molecule has 1 atom stereocenters. The molecule has 0 N–H and O–H groups in total. The number of piperazine rings is 1. The van der Waals surface area contributed by atoms with E-state index >= 15 is 0 Å². The van der Waals surface area contributed by atoms with Crippen molar-refractivity contribution in [2.24, 2.45) is 0 Å². The molecule has 168 valence electrons. The molecular formula is C24H26FN2O4P. The summed E-state index contributed by atoms with van der Waals surface area (Å²) in [4.78, 5) is 17.1. The van der Waals surface area contributed by atoms with Crippen LogP contribution in [0.5, 0.6) is 5.75 Å². The molecule has 0 radical (unpaired) electrons. The van der Waals surface area contributed by atoms with E-state index < -0.39 is 7.68 Å². The number of ether oxygens (including phenoxy) is 1. The van der Waals surface area contributed by atoms with Crippen LogP contribution >= 0.6 is 7.68 Å². The molecule has 1 heterocycles. The largest absolute Gasteiger partial charge is 0.497 e. The Balaban J connectivity index is 1.45. The molecule has 6 nitrogen and oxygen atoms in total. The highest BCUT2D eigenvalue weighted by atomic mass is 31.2. The highest BCUT2D eigenvalue weighted by molar-refractivity contribution is 7.61. The number of carbonyl (C=O) groups is 1. The third kappa shape index (κ3) is 4.64. The minimum atomic E-state index is -4.33. The second kappa shape index (κ2) is 9.31. The van der Waals surface area contributed by atoms with Crippen molar-refractivity contribution in [2.75, 3.05) is 44.8 Å². The number of hydrogen-bond acceptors (Lipinski definition) is 5. The third-order valence-corrected chi connectivity index (χ3v) is 7.16. The van der Waals surface area contributed by atoms with Gasteiger partial charge in [0.1, 0.15) is 5.75 Å². The van der Waals surface area contributed by atoms with Gasteiger partial charge in [-0.2, -0.15) is 4.20 Å². The van der Waals surface area contributed by atoms with E-state index in [2.05, 4.69) is 4.90 Å². The second-order valence-corrected chi connectivity index (χ2v) is 9.35. The van der Waals surface area contributed by atoms with E-state index in [0.29, 0.717) is 24.0 Å². The van der Waals surface area contributed by atoms with Crippen LogP contribution in [0.15, 0.2) is 60.7 Å². The quantitative estimate of drug-likeness (QED) is 0.506. The summed E-state index contributed by atoms with van der Waals surface area (Å²) < 4.78 is 36.3. The Morgan fingerprint density at radius 1 is 0.969 bits per heavy atom. The molecule has 1 aliphatic rings. The predicted molar refractivity (Wildman–Crippen MR) is 125 cm³/mol. The summed E-state index contributed by atoms with van der Waals surface area (Å²) in [6.07, 6.45) is 0. The zero-order valence-corrected chi connectivity index (χ0v) is 19.1. The molecular weight excluding hydrogens is 430 g/mol. The van der Waals surface area contributed by atoms with Crippen LogP contribution in [-0.2, 0) is 9.09 Å². The van der Waals surface area contributed by atoms with Crippen molar-refractivity contribution in [3.8, 4) is 5.75 Å². The Hall–Kier alpha value is -2.89. The number of rotatable bonds is 6. The molecule has 1 amide bonds. The number of methoxy groups -OCH3 is 1. The first-order valence-electron chi connectivity index (χ1n) is 10.6. The molecule has 32 heavy (non-hydrogen) atoms. The molecule has 3 aromatic rings. The minimum Gasteiger partial charge on any atom is -0.497 e. The van der Waals surface area contributed by atoms with Crippen molar-refractivity contribution in [3.63, 3.8) is 0 Å². The summed E-state index contributed by atoms with van der Waals surface area (Å²) in [5.41, 5.74) is 1.69.